The van der Waals surface area contributed by atoms with Crippen LogP contribution in [0.4, 0.5) is 18.9 Å². The van der Waals surface area contributed by atoms with Crippen molar-refractivity contribution in [1.29, 1.82) is 0 Å². The fourth-order valence-corrected chi connectivity index (χ4v) is 5.48. The van der Waals surface area contributed by atoms with Gasteiger partial charge in [-0.05, 0) is 48.6 Å². The average Bonchev–Trinajstić information content (AvgIpc) is 2.85. The van der Waals surface area contributed by atoms with Gasteiger partial charge < -0.3 is 19.5 Å². The number of amides is 1. The molecule has 208 valence electrons. The van der Waals surface area contributed by atoms with Gasteiger partial charge in [0.1, 0.15) is 0 Å². The number of para-hydroxylation sites is 1. The summed E-state index contributed by atoms with van der Waals surface area (Å²) >= 11 is 0. The third-order valence-corrected chi connectivity index (χ3v) is 7.12. The largest absolute Gasteiger partial charge is 0.493 e. The highest BCUT2D eigenvalue weighted by molar-refractivity contribution is 6.13. The molecule has 0 spiro atoms. The first-order valence-electron chi connectivity index (χ1n) is 12.4. The van der Waals surface area contributed by atoms with E-state index in [0.29, 0.717) is 46.2 Å². The number of Topliss-reactive ketones (excluding diaryl/α,β-unsaturated/α-hetero) is 1. The number of carbonyl (C=O) groups excluding carboxylic acids is 2. The number of alkyl halides is 3. The summed E-state index contributed by atoms with van der Waals surface area (Å²) in [7, 11) is 4.36. The summed E-state index contributed by atoms with van der Waals surface area (Å²) in [5.74, 6) is -1.82. The normalized spacial score (nSPS) is 20.6. The predicted molar refractivity (Wildman–Crippen MR) is 141 cm³/mol. The van der Waals surface area contributed by atoms with Crippen molar-refractivity contribution in [3.05, 3.63) is 58.8 Å². The van der Waals surface area contributed by atoms with Crippen molar-refractivity contribution < 1.29 is 37.0 Å². The van der Waals surface area contributed by atoms with E-state index in [1.807, 2.05) is 13.8 Å². The Bertz CT molecular complexity index is 1350. The number of nitrogens with one attached hydrogen (secondary N) is 1. The maximum atomic E-state index is 13.8. The number of hydrogen-bond donors (Lipinski definition) is 1. The fraction of sp³-hybridized carbons (Fsp3) is 0.414. The lowest BCUT2D eigenvalue weighted by Crippen LogP contribution is -2.41. The first-order valence-corrected chi connectivity index (χ1v) is 12.4. The second kappa shape index (κ2) is 10.4. The molecule has 4 rings (SSSR count). The first kappa shape index (κ1) is 28.2. The Hall–Kier alpha value is -3.82. The molecule has 10 heteroatoms. The highest BCUT2D eigenvalue weighted by atomic mass is 19.4. The van der Waals surface area contributed by atoms with Crippen molar-refractivity contribution >= 4 is 23.1 Å². The van der Waals surface area contributed by atoms with Crippen LogP contribution in [-0.2, 0) is 15.8 Å². The summed E-state index contributed by atoms with van der Waals surface area (Å²) in [5.41, 5.74) is 0.181. The van der Waals surface area contributed by atoms with Crippen LogP contribution in [0, 0.1) is 11.3 Å². The fourth-order valence-electron chi connectivity index (χ4n) is 5.48. The molecular formula is C29H31F3N2O5. The van der Waals surface area contributed by atoms with Gasteiger partial charge in [-0.3, -0.25) is 14.6 Å². The van der Waals surface area contributed by atoms with Gasteiger partial charge in [0, 0.05) is 29.3 Å². The van der Waals surface area contributed by atoms with E-state index in [9.17, 15) is 22.8 Å². The molecule has 0 saturated heterocycles. The van der Waals surface area contributed by atoms with Crippen LogP contribution in [0.3, 0.4) is 0 Å². The second-order valence-corrected chi connectivity index (χ2v) is 10.5. The van der Waals surface area contributed by atoms with E-state index in [2.05, 4.69) is 10.3 Å². The lowest BCUT2D eigenvalue weighted by Gasteiger charge is -2.39. The number of hydrogen-bond acceptors (Lipinski definition) is 6. The minimum Gasteiger partial charge on any atom is -0.493 e. The quantitative estimate of drug-likeness (QED) is 0.469. The van der Waals surface area contributed by atoms with Crippen molar-refractivity contribution in [2.45, 2.75) is 45.7 Å². The van der Waals surface area contributed by atoms with Crippen LogP contribution >= 0.6 is 0 Å². The molecule has 1 unspecified atom stereocenters. The van der Waals surface area contributed by atoms with Gasteiger partial charge in [-0.1, -0.05) is 26.0 Å². The smallest absolute Gasteiger partial charge is 0.418 e. The number of anilines is 1. The van der Waals surface area contributed by atoms with Crippen molar-refractivity contribution in [3.63, 3.8) is 0 Å². The maximum absolute atomic E-state index is 13.8. The molecule has 0 bridgehead atoms. The van der Waals surface area contributed by atoms with Crippen LogP contribution in [0.1, 0.15) is 50.7 Å². The monoisotopic (exact) mass is 544 g/mol. The zero-order valence-corrected chi connectivity index (χ0v) is 22.7. The van der Waals surface area contributed by atoms with Crippen molar-refractivity contribution in [2.24, 2.45) is 16.3 Å². The van der Waals surface area contributed by atoms with E-state index in [1.54, 1.807) is 19.1 Å². The van der Waals surface area contributed by atoms with Gasteiger partial charge in [0.2, 0.25) is 11.7 Å². The Morgan fingerprint density at radius 3 is 2.21 bits per heavy atom. The summed E-state index contributed by atoms with van der Waals surface area (Å²) in [5, 5.41) is 2.46. The number of nitrogens with zero attached hydrogens (tertiary/aromatic N) is 1. The molecule has 2 aliphatic rings. The molecule has 1 N–H and O–H groups in total. The molecule has 2 aromatic carbocycles. The maximum Gasteiger partial charge on any atom is 0.418 e. The summed E-state index contributed by atoms with van der Waals surface area (Å²) < 4.78 is 57.5. The molecule has 2 atom stereocenters. The van der Waals surface area contributed by atoms with Crippen LogP contribution in [0.5, 0.6) is 17.2 Å². The van der Waals surface area contributed by atoms with Gasteiger partial charge in [0.15, 0.2) is 17.3 Å². The Labute approximate surface area is 225 Å². The number of halogens is 3. The highest BCUT2D eigenvalue weighted by Crippen LogP contribution is 2.50. The van der Waals surface area contributed by atoms with E-state index in [0.717, 1.165) is 6.07 Å². The minimum absolute atomic E-state index is 0.162. The van der Waals surface area contributed by atoms with Crippen LogP contribution in [0.25, 0.3) is 0 Å². The van der Waals surface area contributed by atoms with Gasteiger partial charge in [-0.2, -0.15) is 13.2 Å². The van der Waals surface area contributed by atoms with Crippen LogP contribution in [0.2, 0.25) is 0 Å². The van der Waals surface area contributed by atoms with Gasteiger partial charge in [-0.15, -0.1) is 0 Å². The molecule has 7 nitrogen and oxygen atoms in total. The summed E-state index contributed by atoms with van der Waals surface area (Å²) in [6.07, 6.45) is -3.92. The summed E-state index contributed by atoms with van der Waals surface area (Å²) in [6, 6.07) is 8.09. The third-order valence-electron chi connectivity index (χ3n) is 7.12. The molecule has 0 aromatic heterocycles. The van der Waals surface area contributed by atoms with E-state index in [1.165, 1.54) is 39.5 Å². The topological polar surface area (TPSA) is 86.2 Å². The van der Waals surface area contributed by atoms with Crippen LogP contribution in [0.15, 0.2) is 52.7 Å². The van der Waals surface area contributed by atoms with Crippen molar-refractivity contribution in [1.82, 2.24) is 0 Å². The number of rotatable bonds is 6. The summed E-state index contributed by atoms with van der Waals surface area (Å²) in [4.78, 5) is 32.1. The second-order valence-electron chi connectivity index (χ2n) is 10.5. The molecule has 0 saturated carbocycles. The molecule has 1 heterocycles. The number of ether oxygens (including phenoxy) is 3. The number of allylic oxidation sites excluding steroid dienone is 2. The van der Waals surface area contributed by atoms with E-state index >= 15 is 0 Å². The molecule has 1 aliphatic heterocycles. The van der Waals surface area contributed by atoms with Gasteiger partial charge in [0.05, 0.1) is 38.5 Å². The Morgan fingerprint density at radius 1 is 1.03 bits per heavy atom. The highest BCUT2D eigenvalue weighted by Gasteiger charge is 2.46. The minimum atomic E-state index is -4.67. The number of carbonyl (C=O) groups is 2. The Morgan fingerprint density at radius 2 is 1.64 bits per heavy atom. The van der Waals surface area contributed by atoms with Crippen LogP contribution in [-0.4, -0.2) is 38.7 Å². The SMILES string of the molecule is COc1cc([C@@H]2C3=C(CC(C)(C)CC3=O)N=C(C)C2C(=O)Nc2ccccc2C(F)(F)F)cc(OC)c1OC. The molecular weight excluding hydrogens is 513 g/mol. The standard InChI is InChI=1S/C29H31F3N2O5/c1-15-23(27(36)34-18-10-8-7-9-17(18)29(30,31)32)24(25-19(33-15)13-28(2,3)14-20(25)35)16-11-21(37-4)26(39-6)22(12-16)38-5/h7-12,23-24H,13-14H2,1-6H3,(H,34,36)/t23?,24-/m0/s1. The average molecular weight is 545 g/mol. The Balaban J connectivity index is 1.89. The number of methoxy groups -OCH3 is 3. The van der Waals surface area contributed by atoms with E-state index in [-0.39, 0.29) is 23.3 Å². The van der Waals surface area contributed by atoms with Gasteiger partial charge in [-0.25, -0.2) is 0 Å². The Kier molecular flexibility index (Phi) is 7.51. The third kappa shape index (κ3) is 5.37. The molecule has 0 fully saturated rings. The molecule has 2 aromatic rings. The molecule has 0 radical (unpaired) electrons. The zero-order chi connectivity index (χ0) is 28.7. The first-order chi connectivity index (χ1) is 18.3. The number of ketones is 1. The zero-order valence-electron chi connectivity index (χ0n) is 22.7. The lowest BCUT2D eigenvalue weighted by molar-refractivity contribution is -0.137. The van der Waals surface area contributed by atoms with Crippen LogP contribution < -0.4 is 19.5 Å². The summed E-state index contributed by atoms with van der Waals surface area (Å²) in [6.45, 7) is 5.60. The van der Waals surface area contributed by atoms with E-state index < -0.39 is 29.5 Å². The molecule has 1 aliphatic carbocycles. The van der Waals surface area contributed by atoms with E-state index in [4.69, 9.17) is 14.2 Å². The molecule has 1 amide bonds. The predicted octanol–water partition coefficient (Wildman–Crippen LogP) is 6.19. The number of aliphatic imine (C=N–C) groups is 1. The molecule has 39 heavy (non-hydrogen) atoms. The van der Waals surface area contributed by atoms with Crippen molar-refractivity contribution in [2.75, 3.05) is 26.6 Å². The van der Waals surface area contributed by atoms with Gasteiger partial charge >= 0.3 is 6.18 Å². The number of benzene rings is 2. The van der Waals surface area contributed by atoms with Crippen molar-refractivity contribution in [3.8, 4) is 17.2 Å². The lowest BCUT2D eigenvalue weighted by atomic mass is 9.66. The van der Waals surface area contributed by atoms with Gasteiger partial charge in [0.25, 0.3) is 0 Å².